The van der Waals surface area contributed by atoms with Gasteiger partial charge >= 0.3 is 0 Å². The molecule has 1 N–H and O–H groups in total. The van der Waals surface area contributed by atoms with Crippen LogP contribution in [0.15, 0.2) is 28.8 Å². The normalized spacial score (nSPS) is 16.3. The van der Waals surface area contributed by atoms with E-state index in [4.69, 9.17) is 4.52 Å². The number of amides is 1. The summed E-state index contributed by atoms with van der Waals surface area (Å²) in [6.45, 7) is 11.0. The number of aromatic nitrogens is 3. The fourth-order valence-corrected chi connectivity index (χ4v) is 4.29. The van der Waals surface area contributed by atoms with Crippen molar-refractivity contribution < 1.29 is 13.7 Å². The van der Waals surface area contributed by atoms with E-state index in [1.54, 1.807) is 12.1 Å². The van der Waals surface area contributed by atoms with Crippen LogP contribution in [-0.4, -0.2) is 20.8 Å². The molecule has 1 atom stereocenters. The lowest BCUT2D eigenvalue weighted by atomic mass is 9.71. The van der Waals surface area contributed by atoms with Gasteiger partial charge in [0, 0.05) is 12.0 Å². The Morgan fingerprint density at radius 1 is 1.26 bits per heavy atom. The molecule has 3 aromatic rings. The fourth-order valence-electron chi connectivity index (χ4n) is 4.29. The van der Waals surface area contributed by atoms with E-state index in [0.717, 1.165) is 47.5 Å². The topological polar surface area (TPSA) is 73.0 Å². The Labute approximate surface area is 181 Å². The first-order valence-electron chi connectivity index (χ1n) is 10.7. The van der Waals surface area contributed by atoms with E-state index in [1.807, 2.05) is 18.5 Å². The lowest BCUT2D eigenvalue weighted by Gasteiger charge is -2.33. The van der Waals surface area contributed by atoms with Crippen LogP contribution >= 0.6 is 0 Å². The van der Waals surface area contributed by atoms with Crippen molar-refractivity contribution in [2.45, 2.75) is 60.4 Å². The molecule has 2 aromatic heterocycles. The SMILES string of the molecule is Cc1nn(Cc2ccc(F)cc2)c(C)c1NC(=O)c1noc2c1C[C@H](C(C)(C)C)CC2. The maximum atomic E-state index is 13.2. The number of nitrogens with one attached hydrogen (secondary N) is 1. The largest absolute Gasteiger partial charge is 0.360 e. The van der Waals surface area contributed by atoms with Gasteiger partial charge in [0.15, 0.2) is 5.69 Å². The van der Waals surface area contributed by atoms with Gasteiger partial charge in [-0.3, -0.25) is 9.48 Å². The van der Waals surface area contributed by atoms with Crippen LogP contribution < -0.4 is 5.32 Å². The molecule has 1 aromatic carbocycles. The van der Waals surface area contributed by atoms with Crippen LogP contribution in [0.5, 0.6) is 0 Å². The van der Waals surface area contributed by atoms with Crippen molar-refractivity contribution in [2.75, 3.05) is 5.32 Å². The predicted octanol–water partition coefficient (Wildman–Crippen LogP) is 5.08. The zero-order valence-corrected chi connectivity index (χ0v) is 18.8. The summed E-state index contributed by atoms with van der Waals surface area (Å²) < 4.78 is 20.5. The Hall–Kier alpha value is -2.96. The molecule has 0 unspecified atom stereocenters. The second-order valence-electron chi connectivity index (χ2n) is 9.52. The summed E-state index contributed by atoms with van der Waals surface area (Å²) in [6, 6.07) is 6.33. The number of fused-ring (bicyclic) bond motifs is 1. The van der Waals surface area contributed by atoms with Gasteiger partial charge in [-0.25, -0.2) is 4.39 Å². The van der Waals surface area contributed by atoms with Crippen molar-refractivity contribution in [3.63, 3.8) is 0 Å². The summed E-state index contributed by atoms with van der Waals surface area (Å²) in [5.74, 6) is 0.765. The lowest BCUT2D eigenvalue weighted by molar-refractivity contribution is 0.101. The molecule has 4 rings (SSSR count). The molecule has 1 amide bonds. The number of carbonyl (C=O) groups excluding carboxylic acids is 1. The lowest BCUT2D eigenvalue weighted by Crippen LogP contribution is -2.27. The van der Waals surface area contributed by atoms with Gasteiger partial charge in [0.05, 0.1) is 23.6 Å². The molecule has 1 aliphatic carbocycles. The second kappa shape index (κ2) is 7.94. The number of hydrogen-bond acceptors (Lipinski definition) is 4. The minimum Gasteiger partial charge on any atom is -0.360 e. The summed E-state index contributed by atoms with van der Waals surface area (Å²) >= 11 is 0. The van der Waals surface area contributed by atoms with Gasteiger partial charge in [-0.15, -0.1) is 0 Å². The molecule has 0 bridgehead atoms. The van der Waals surface area contributed by atoms with Gasteiger partial charge in [-0.1, -0.05) is 38.1 Å². The van der Waals surface area contributed by atoms with Crippen LogP contribution in [0.2, 0.25) is 0 Å². The molecule has 31 heavy (non-hydrogen) atoms. The standard InChI is InChI=1S/C24H29FN4O2/c1-14-21(15(2)29(27-14)13-16-6-9-18(25)10-7-16)26-23(30)22-19-12-17(24(3,4)5)8-11-20(19)31-28-22/h6-7,9-10,17H,8,11-13H2,1-5H3,(H,26,30)/t17-/m1/s1. The maximum absolute atomic E-state index is 13.2. The highest BCUT2D eigenvalue weighted by Crippen LogP contribution is 2.38. The van der Waals surface area contributed by atoms with E-state index in [0.29, 0.717) is 23.8 Å². The van der Waals surface area contributed by atoms with Crippen molar-refractivity contribution >= 4 is 11.6 Å². The molecule has 2 heterocycles. The number of nitrogens with zero attached hydrogens (tertiary/aromatic N) is 3. The van der Waals surface area contributed by atoms with E-state index in [2.05, 4.69) is 36.3 Å². The highest BCUT2D eigenvalue weighted by molar-refractivity contribution is 6.04. The minimum atomic E-state index is -0.271. The Morgan fingerprint density at radius 2 is 1.97 bits per heavy atom. The van der Waals surface area contributed by atoms with Crippen molar-refractivity contribution in [3.8, 4) is 0 Å². The Bertz CT molecular complexity index is 1110. The first-order chi connectivity index (χ1) is 14.6. The molecule has 7 heteroatoms. The highest BCUT2D eigenvalue weighted by atomic mass is 19.1. The number of hydrogen-bond donors (Lipinski definition) is 1. The van der Waals surface area contributed by atoms with Crippen LogP contribution in [0.4, 0.5) is 10.1 Å². The molecule has 0 saturated heterocycles. The van der Waals surface area contributed by atoms with Crippen molar-refractivity contribution in [1.29, 1.82) is 0 Å². The summed E-state index contributed by atoms with van der Waals surface area (Å²) in [4.78, 5) is 13.1. The van der Waals surface area contributed by atoms with Gasteiger partial charge in [-0.2, -0.15) is 5.10 Å². The quantitative estimate of drug-likeness (QED) is 0.634. The Kier molecular flexibility index (Phi) is 5.45. The van der Waals surface area contributed by atoms with Crippen LogP contribution in [0, 0.1) is 31.0 Å². The molecule has 6 nitrogen and oxygen atoms in total. The second-order valence-corrected chi connectivity index (χ2v) is 9.52. The van der Waals surface area contributed by atoms with Crippen LogP contribution in [0.3, 0.4) is 0 Å². The molecule has 1 aliphatic rings. The Morgan fingerprint density at radius 3 is 2.65 bits per heavy atom. The fraction of sp³-hybridized carbons (Fsp3) is 0.458. The molecule has 0 fully saturated rings. The van der Waals surface area contributed by atoms with Gasteiger partial charge in [0.1, 0.15) is 11.6 Å². The summed E-state index contributed by atoms with van der Waals surface area (Å²) in [5.41, 5.74) is 4.62. The van der Waals surface area contributed by atoms with Crippen molar-refractivity contribution in [2.24, 2.45) is 11.3 Å². The monoisotopic (exact) mass is 424 g/mol. The smallest absolute Gasteiger partial charge is 0.278 e. The summed E-state index contributed by atoms with van der Waals surface area (Å²) in [6.07, 6.45) is 2.65. The number of benzene rings is 1. The van der Waals surface area contributed by atoms with Gasteiger partial charge < -0.3 is 9.84 Å². The first-order valence-corrected chi connectivity index (χ1v) is 10.7. The maximum Gasteiger partial charge on any atom is 0.278 e. The predicted molar refractivity (Wildman–Crippen MR) is 117 cm³/mol. The number of anilines is 1. The number of aryl methyl sites for hydroxylation is 2. The van der Waals surface area contributed by atoms with Crippen LogP contribution in [-0.2, 0) is 19.4 Å². The zero-order chi connectivity index (χ0) is 22.3. The van der Waals surface area contributed by atoms with Gasteiger partial charge in [0.25, 0.3) is 5.91 Å². The molecular formula is C24H29FN4O2. The van der Waals surface area contributed by atoms with E-state index in [9.17, 15) is 9.18 Å². The van der Waals surface area contributed by atoms with E-state index in [1.165, 1.54) is 12.1 Å². The van der Waals surface area contributed by atoms with Crippen LogP contribution in [0.1, 0.15) is 66.0 Å². The Balaban J connectivity index is 1.54. The molecule has 0 saturated carbocycles. The number of rotatable bonds is 4. The average molecular weight is 425 g/mol. The van der Waals surface area contributed by atoms with E-state index in [-0.39, 0.29) is 17.1 Å². The number of halogens is 1. The van der Waals surface area contributed by atoms with Gasteiger partial charge in [0.2, 0.25) is 0 Å². The highest BCUT2D eigenvalue weighted by Gasteiger charge is 2.34. The molecule has 164 valence electrons. The summed E-state index contributed by atoms with van der Waals surface area (Å²) in [5, 5.41) is 11.7. The minimum absolute atomic E-state index is 0.164. The molecule has 0 spiro atoms. The zero-order valence-electron chi connectivity index (χ0n) is 18.8. The first kappa shape index (κ1) is 21.3. The average Bonchev–Trinajstić information content (AvgIpc) is 3.25. The van der Waals surface area contributed by atoms with E-state index >= 15 is 0 Å². The number of carbonyl (C=O) groups is 1. The third kappa shape index (κ3) is 4.27. The third-order valence-corrected chi connectivity index (χ3v) is 6.35. The molecule has 0 aliphatic heterocycles. The third-order valence-electron chi connectivity index (χ3n) is 6.35. The molecule has 0 radical (unpaired) electrons. The summed E-state index contributed by atoms with van der Waals surface area (Å²) in [7, 11) is 0. The van der Waals surface area contributed by atoms with Crippen LogP contribution in [0.25, 0.3) is 0 Å². The van der Waals surface area contributed by atoms with E-state index < -0.39 is 0 Å². The van der Waals surface area contributed by atoms with Crippen molar-refractivity contribution in [3.05, 3.63) is 64.1 Å². The van der Waals surface area contributed by atoms with Gasteiger partial charge in [-0.05, 0) is 55.7 Å². The van der Waals surface area contributed by atoms with Crippen molar-refractivity contribution in [1.82, 2.24) is 14.9 Å². The molecular weight excluding hydrogens is 395 g/mol.